The number of aromatic hydroxyl groups is 1. The van der Waals surface area contributed by atoms with Crippen LogP contribution in [0, 0.1) is 0 Å². The second kappa shape index (κ2) is 4.61. The van der Waals surface area contributed by atoms with Crippen molar-refractivity contribution in [2.24, 2.45) is 0 Å². The van der Waals surface area contributed by atoms with E-state index in [9.17, 15) is 14.7 Å². The first-order chi connectivity index (χ1) is 8.44. The first-order valence-electron chi connectivity index (χ1n) is 5.49. The normalized spacial score (nSPS) is 16.7. The van der Waals surface area contributed by atoms with Gasteiger partial charge in [-0.05, 0) is 37.5 Å². The molecule has 1 aromatic rings. The lowest BCUT2D eigenvalue weighted by Crippen LogP contribution is -2.59. The van der Waals surface area contributed by atoms with Crippen molar-refractivity contribution in [1.29, 1.82) is 0 Å². The molecule has 0 heterocycles. The average Bonchev–Trinajstić information content (AvgIpc) is 2.26. The minimum atomic E-state index is -1.17. The van der Waals surface area contributed by atoms with E-state index < -0.39 is 17.4 Å². The number of benzene rings is 1. The van der Waals surface area contributed by atoms with Gasteiger partial charge in [-0.15, -0.1) is 0 Å². The Balaban J connectivity index is 2.22. The first kappa shape index (κ1) is 12.9. The van der Waals surface area contributed by atoms with Crippen LogP contribution in [0.1, 0.15) is 29.6 Å². The fraction of sp³-hybridized carbons (Fsp3) is 0.333. The summed E-state index contributed by atoms with van der Waals surface area (Å²) in [5, 5.41) is 21.2. The van der Waals surface area contributed by atoms with Crippen molar-refractivity contribution in [3.8, 4) is 5.75 Å². The molecular formula is C12H12BrNO4. The Morgan fingerprint density at radius 3 is 2.50 bits per heavy atom. The minimum Gasteiger partial charge on any atom is -0.507 e. The van der Waals surface area contributed by atoms with Crippen LogP contribution in [0.15, 0.2) is 22.7 Å². The predicted octanol–water partition coefficient (Wildman–Crippen LogP) is 1.89. The van der Waals surface area contributed by atoms with Crippen LogP contribution in [0.25, 0.3) is 0 Å². The van der Waals surface area contributed by atoms with Crippen LogP contribution >= 0.6 is 15.9 Å². The van der Waals surface area contributed by atoms with Crippen molar-refractivity contribution < 1.29 is 19.8 Å². The number of amides is 1. The summed E-state index contributed by atoms with van der Waals surface area (Å²) < 4.78 is 0.642. The lowest BCUT2D eigenvalue weighted by molar-refractivity contribution is -0.148. The van der Waals surface area contributed by atoms with Crippen molar-refractivity contribution >= 4 is 27.8 Å². The number of rotatable bonds is 3. The molecule has 0 spiro atoms. The summed E-state index contributed by atoms with van der Waals surface area (Å²) in [7, 11) is 0. The Kier molecular flexibility index (Phi) is 3.30. The predicted molar refractivity (Wildman–Crippen MR) is 67.5 cm³/mol. The molecule has 0 bridgehead atoms. The molecule has 5 nitrogen and oxygen atoms in total. The molecule has 0 aliphatic heterocycles. The smallest absolute Gasteiger partial charge is 0.329 e. The number of carbonyl (C=O) groups excluding carboxylic acids is 1. The van der Waals surface area contributed by atoms with E-state index in [1.807, 2.05) is 0 Å². The third kappa shape index (κ3) is 2.20. The number of carbonyl (C=O) groups is 2. The van der Waals surface area contributed by atoms with Gasteiger partial charge in [0.1, 0.15) is 11.3 Å². The SMILES string of the molecule is O=C(NC1(C(=O)O)CCC1)c1cc(Br)ccc1O. The molecule has 1 aromatic carbocycles. The number of nitrogens with one attached hydrogen (secondary N) is 1. The van der Waals surface area contributed by atoms with E-state index in [2.05, 4.69) is 21.2 Å². The number of carboxylic acids is 1. The molecule has 1 aliphatic rings. The molecule has 18 heavy (non-hydrogen) atoms. The van der Waals surface area contributed by atoms with Crippen LogP contribution in [0.2, 0.25) is 0 Å². The summed E-state index contributed by atoms with van der Waals surface area (Å²) >= 11 is 3.20. The Bertz CT molecular complexity index is 511. The van der Waals surface area contributed by atoms with Crippen LogP contribution in [0.5, 0.6) is 5.75 Å². The molecule has 1 amide bonds. The van der Waals surface area contributed by atoms with Crippen molar-refractivity contribution in [2.75, 3.05) is 0 Å². The highest BCUT2D eigenvalue weighted by atomic mass is 79.9. The highest BCUT2D eigenvalue weighted by molar-refractivity contribution is 9.10. The Morgan fingerprint density at radius 2 is 2.00 bits per heavy atom. The first-order valence-corrected chi connectivity index (χ1v) is 6.28. The van der Waals surface area contributed by atoms with Crippen molar-refractivity contribution in [2.45, 2.75) is 24.8 Å². The summed E-state index contributed by atoms with van der Waals surface area (Å²) in [5.74, 6) is -1.77. The van der Waals surface area contributed by atoms with Crippen molar-refractivity contribution in [3.63, 3.8) is 0 Å². The lowest BCUT2D eigenvalue weighted by atomic mass is 9.76. The Labute approximate surface area is 112 Å². The zero-order valence-electron chi connectivity index (χ0n) is 9.44. The molecule has 0 unspecified atom stereocenters. The molecular weight excluding hydrogens is 302 g/mol. The topological polar surface area (TPSA) is 86.6 Å². The molecule has 3 N–H and O–H groups in total. The quantitative estimate of drug-likeness (QED) is 0.795. The molecule has 6 heteroatoms. The van der Waals surface area contributed by atoms with Crippen LogP contribution in [0.4, 0.5) is 0 Å². The van der Waals surface area contributed by atoms with E-state index >= 15 is 0 Å². The molecule has 0 atom stereocenters. The average molecular weight is 314 g/mol. The number of carboxylic acid groups (broad SMARTS) is 1. The van der Waals surface area contributed by atoms with Crippen molar-refractivity contribution in [3.05, 3.63) is 28.2 Å². The second-order valence-electron chi connectivity index (χ2n) is 4.36. The van der Waals surface area contributed by atoms with Gasteiger partial charge < -0.3 is 15.5 Å². The van der Waals surface area contributed by atoms with E-state index in [1.54, 1.807) is 6.07 Å². The monoisotopic (exact) mass is 313 g/mol. The fourth-order valence-electron chi connectivity index (χ4n) is 1.90. The second-order valence-corrected chi connectivity index (χ2v) is 5.27. The molecule has 0 aromatic heterocycles. The molecule has 2 rings (SSSR count). The van der Waals surface area contributed by atoms with Gasteiger partial charge >= 0.3 is 5.97 Å². The van der Waals surface area contributed by atoms with Gasteiger partial charge in [0.2, 0.25) is 0 Å². The highest BCUT2D eigenvalue weighted by Crippen LogP contribution is 2.33. The van der Waals surface area contributed by atoms with Gasteiger partial charge in [0.15, 0.2) is 0 Å². The summed E-state index contributed by atoms with van der Waals surface area (Å²) in [5.41, 5.74) is -1.11. The number of aliphatic carboxylic acids is 1. The fourth-order valence-corrected chi connectivity index (χ4v) is 2.26. The zero-order chi connectivity index (χ0) is 13.3. The molecule has 1 fully saturated rings. The van der Waals surface area contributed by atoms with E-state index in [-0.39, 0.29) is 11.3 Å². The van der Waals surface area contributed by atoms with Crippen molar-refractivity contribution in [1.82, 2.24) is 5.32 Å². The maximum Gasteiger partial charge on any atom is 0.329 e. The summed E-state index contributed by atoms with van der Waals surface area (Å²) in [6.07, 6.45) is 1.61. The van der Waals surface area contributed by atoms with Gasteiger partial charge in [0, 0.05) is 4.47 Å². The van der Waals surface area contributed by atoms with E-state index in [0.717, 1.165) is 6.42 Å². The molecule has 1 aliphatic carbocycles. The lowest BCUT2D eigenvalue weighted by Gasteiger charge is -2.38. The number of halogens is 1. The van der Waals surface area contributed by atoms with E-state index in [0.29, 0.717) is 17.3 Å². The highest BCUT2D eigenvalue weighted by Gasteiger charge is 2.45. The molecule has 1 saturated carbocycles. The summed E-state index contributed by atoms with van der Waals surface area (Å²) in [4.78, 5) is 23.1. The standard InChI is InChI=1S/C12H12BrNO4/c13-7-2-3-9(15)8(6-7)10(16)14-12(11(17)18)4-1-5-12/h2-3,6,15H,1,4-5H2,(H,14,16)(H,17,18). The summed E-state index contributed by atoms with van der Waals surface area (Å²) in [6.45, 7) is 0. The van der Waals surface area contributed by atoms with Gasteiger partial charge in [-0.3, -0.25) is 4.79 Å². The van der Waals surface area contributed by atoms with Gasteiger partial charge in [0.25, 0.3) is 5.91 Å². The van der Waals surface area contributed by atoms with Gasteiger partial charge in [-0.1, -0.05) is 15.9 Å². The molecule has 96 valence electrons. The minimum absolute atomic E-state index is 0.0666. The van der Waals surface area contributed by atoms with E-state index in [4.69, 9.17) is 5.11 Å². The third-order valence-corrected chi connectivity index (χ3v) is 3.67. The van der Waals surface area contributed by atoms with Crippen LogP contribution in [0.3, 0.4) is 0 Å². The number of phenols is 1. The van der Waals surface area contributed by atoms with E-state index in [1.165, 1.54) is 12.1 Å². The van der Waals surface area contributed by atoms with Crippen LogP contribution in [-0.4, -0.2) is 27.6 Å². The number of hydrogen-bond donors (Lipinski definition) is 3. The van der Waals surface area contributed by atoms with Gasteiger partial charge in [-0.2, -0.15) is 0 Å². The Morgan fingerprint density at radius 1 is 1.33 bits per heavy atom. The third-order valence-electron chi connectivity index (χ3n) is 3.17. The number of phenolic OH excluding ortho intramolecular Hbond substituents is 1. The maximum atomic E-state index is 12.0. The van der Waals surface area contributed by atoms with Gasteiger partial charge in [-0.25, -0.2) is 4.79 Å². The molecule has 0 radical (unpaired) electrons. The summed E-state index contributed by atoms with van der Waals surface area (Å²) in [6, 6.07) is 4.44. The number of hydrogen-bond acceptors (Lipinski definition) is 3. The Hall–Kier alpha value is -1.56. The van der Waals surface area contributed by atoms with Gasteiger partial charge in [0.05, 0.1) is 5.56 Å². The molecule has 0 saturated heterocycles. The zero-order valence-corrected chi connectivity index (χ0v) is 11.0. The maximum absolute atomic E-state index is 12.0. The largest absolute Gasteiger partial charge is 0.507 e. The van der Waals surface area contributed by atoms with Crippen LogP contribution < -0.4 is 5.32 Å². The van der Waals surface area contributed by atoms with Crippen LogP contribution in [-0.2, 0) is 4.79 Å².